The number of hydrogen-bond acceptors (Lipinski definition) is 2. The first-order valence-corrected chi connectivity index (χ1v) is 5.89. The topological polar surface area (TPSA) is 59.6 Å². The third-order valence-electron chi connectivity index (χ3n) is 2.20. The lowest BCUT2D eigenvalue weighted by Gasteiger charge is -2.13. The van der Waals surface area contributed by atoms with Crippen LogP contribution in [0.3, 0.4) is 0 Å². The Labute approximate surface area is 126 Å². The van der Waals surface area contributed by atoms with Gasteiger partial charge in [-0.15, -0.1) is 24.0 Å². The molecule has 0 bridgehead atoms. The number of aliphatic imine (C=N–C) groups is 1. The third kappa shape index (κ3) is 6.68. The standard InChI is InChI=1S/C13H21N3O.HI/c1-4-15-13(14)16-9-11(3)17-12-7-5-6-10(2)8-12;/h5-8,11H,4,9H2,1-3H3,(H3,14,15,16);1H. The summed E-state index contributed by atoms with van der Waals surface area (Å²) in [6, 6.07) is 7.97. The molecule has 1 atom stereocenters. The number of hydrogen-bond donors (Lipinski definition) is 2. The first-order chi connectivity index (χ1) is 8.11. The molecule has 102 valence electrons. The van der Waals surface area contributed by atoms with Crippen molar-refractivity contribution in [2.75, 3.05) is 13.1 Å². The van der Waals surface area contributed by atoms with E-state index >= 15 is 0 Å². The van der Waals surface area contributed by atoms with E-state index in [4.69, 9.17) is 10.5 Å². The number of guanidine groups is 1. The molecule has 5 heteroatoms. The molecule has 3 N–H and O–H groups in total. The van der Waals surface area contributed by atoms with Crippen LogP contribution in [-0.4, -0.2) is 25.2 Å². The van der Waals surface area contributed by atoms with Crippen molar-refractivity contribution in [3.05, 3.63) is 29.8 Å². The van der Waals surface area contributed by atoms with E-state index in [2.05, 4.69) is 10.3 Å². The van der Waals surface area contributed by atoms with Crippen molar-refractivity contribution in [1.82, 2.24) is 5.32 Å². The summed E-state index contributed by atoms with van der Waals surface area (Å²) >= 11 is 0. The van der Waals surface area contributed by atoms with Crippen LogP contribution in [0.4, 0.5) is 0 Å². The monoisotopic (exact) mass is 363 g/mol. The van der Waals surface area contributed by atoms with Gasteiger partial charge >= 0.3 is 0 Å². The van der Waals surface area contributed by atoms with Gasteiger partial charge < -0.3 is 15.8 Å². The molecule has 1 rings (SSSR count). The molecule has 0 aromatic heterocycles. The van der Waals surface area contributed by atoms with Crippen LogP contribution in [0.1, 0.15) is 19.4 Å². The fraction of sp³-hybridized carbons (Fsp3) is 0.462. The maximum Gasteiger partial charge on any atom is 0.188 e. The Hall–Kier alpha value is -0.980. The van der Waals surface area contributed by atoms with Gasteiger partial charge in [0.25, 0.3) is 0 Å². The first kappa shape index (κ1) is 17.0. The summed E-state index contributed by atoms with van der Waals surface area (Å²) in [5.74, 6) is 1.34. The van der Waals surface area contributed by atoms with E-state index < -0.39 is 0 Å². The molecule has 1 unspecified atom stereocenters. The summed E-state index contributed by atoms with van der Waals surface area (Å²) in [6.45, 7) is 7.33. The Bertz CT molecular complexity index is 382. The molecule has 1 aromatic rings. The molecule has 18 heavy (non-hydrogen) atoms. The van der Waals surface area contributed by atoms with Crippen LogP contribution in [0.15, 0.2) is 29.3 Å². The van der Waals surface area contributed by atoms with Crippen molar-refractivity contribution in [3.63, 3.8) is 0 Å². The summed E-state index contributed by atoms with van der Waals surface area (Å²) in [5.41, 5.74) is 6.82. The molecule has 1 aromatic carbocycles. The van der Waals surface area contributed by atoms with Crippen LogP contribution in [0.2, 0.25) is 0 Å². The molecular formula is C13H22IN3O. The van der Waals surface area contributed by atoms with Crippen LogP contribution in [0.5, 0.6) is 5.75 Å². The van der Waals surface area contributed by atoms with Crippen LogP contribution in [-0.2, 0) is 0 Å². The van der Waals surface area contributed by atoms with Gasteiger partial charge in [-0.2, -0.15) is 0 Å². The second-order valence-corrected chi connectivity index (χ2v) is 4.00. The highest BCUT2D eigenvalue weighted by Crippen LogP contribution is 2.14. The molecule has 0 amide bonds. The van der Waals surface area contributed by atoms with Gasteiger partial charge in [-0.25, -0.2) is 4.99 Å². The quantitative estimate of drug-likeness (QED) is 0.480. The summed E-state index contributed by atoms with van der Waals surface area (Å²) in [7, 11) is 0. The van der Waals surface area contributed by atoms with Crippen molar-refractivity contribution in [1.29, 1.82) is 0 Å². The van der Waals surface area contributed by atoms with Gasteiger partial charge in [-0.3, -0.25) is 0 Å². The van der Waals surface area contributed by atoms with Crippen LogP contribution in [0.25, 0.3) is 0 Å². The van der Waals surface area contributed by atoms with E-state index in [1.165, 1.54) is 5.56 Å². The molecule has 0 aliphatic heterocycles. The average molecular weight is 363 g/mol. The SMILES string of the molecule is CCNC(N)=NCC(C)Oc1cccc(C)c1.I. The predicted octanol–water partition coefficient (Wildman–Crippen LogP) is 2.30. The fourth-order valence-corrected chi connectivity index (χ4v) is 1.42. The molecular weight excluding hydrogens is 341 g/mol. The fourth-order valence-electron chi connectivity index (χ4n) is 1.42. The van der Waals surface area contributed by atoms with Gasteiger partial charge in [-0.1, -0.05) is 12.1 Å². The van der Waals surface area contributed by atoms with E-state index in [0.717, 1.165) is 12.3 Å². The number of ether oxygens (including phenoxy) is 1. The Kier molecular flexibility index (Phi) is 8.53. The minimum Gasteiger partial charge on any atom is -0.489 e. The largest absolute Gasteiger partial charge is 0.489 e. The van der Waals surface area contributed by atoms with Crippen LogP contribution in [0, 0.1) is 6.92 Å². The van der Waals surface area contributed by atoms with E-state index in [1.54, 1.807) is 0 Å². The van der Waals surface area contributed by atoms with Crippen molar-refractivity contribution in [3.8, 4) is 5.75 Å². The van der Waals surface area contributed by atoms with Gasteiger partial charge in [0.2, 0.25) is 0 Å². The Balaban J connectivity index is 0.00000289. The van der Waals surface area contributed by atoms with Gasteiger partial charge in [-0.05, 0) is 38.5 Å². The van der Waals surface area contributed by atoms with Crippen molar-refractivity contribution < 1.29 is 4.74 Å². The van der Waals surface area contributed by atoms with Gasteiger partial charge in [0.05, 0.1) is 6.54 Å². The van der Waals surface area contributed by atoms with Crippen molar-refractivity contribution in [2.45, 2.75) is 26.9 Å². The molecule has 0 aliphatic rings. The number of halogens is 1. The number of nitrogens with two attached hydrogens (primary N) is 1. The average Bonchev–Trinajstić information content (AvgIpc) is 2.27. The zero-order valence-electron chi connectivity index (χ0n) is 11.1. The van der Waals surface area contributed by atoms with Crippen LogP contribution < -0.4 is 15.8 Å². The zero-order chi connectivity index (χ0) is 12.7. The van der Waals surface area contributed by atoms with Gasteiger partial charge in [0, 0.05) is 6.54 Å². The molecule has 4 nitrogen and oxygen atoms in total. The molecule has 0 saturated carbocycles. The summed E-state index contributed by atoms with van der Waals surface area (Å²) < 4.78 is 5.73. The lowest BCUT2D eigenvalue weighted by Crippen LogP contribution is -2.32. The second-order valence-electron chi connectivity index (χ2n) is 4.00. The highest BCUT2D eigenvalue weighted by atomic mass is 127. The molecule has 0 fully saturated rings. The number of nitrogens with one attached hydrogen (secondary N) is 1. The highest BCUT2D eigenvalue weighted by molar-refractivity contribution is 14.0. The molecule has 0 heterocycles. The molecule has 0 spiro atoms. The second kappa shape index (κ2) is 9.02. The lowest BCUT2D eigenvalue weighted by atomic mass is 10.2. The minimum absolute atomic E-state index is 0. The highest BCUT2D eigenvalue weighted by Gasteiger charge is 2.03. The Morgan fingerprint density at radius 1 is 1.50 bits per heavy atom. The lowest BCUT2D eigenvalue weighted by molar-refractivity contribution is 0.230. The van der Waals surface area contributed by atoms with Gasteiger partial charge in [0.15, 0.2) is 5.96 Å². The van der Waals surface area contributed by atoms with E-state index in [9.17, 15) is 0 Å². The molecule has 0 radical (unpaired) electrons. The maximum absolute atomic E-state index is 5.73. The number of aryl methyl sites for hydroxylation is 1. The van der Waals surface area contributed by atoms with Crippen molar-refractivity contribution >= 4 is 29.9 Å². The van der Waals surface area contributed by atoms with E-state index in [-0.39, 0.29) is 30.1 Å². The first-order valence-electron chi connectivity index (χ1n) is 5.89. The Morgan fingerprint density at radius 2 is 2.22 bits per heavy atom. The zero-order valence-corrected chi connectivity index (χ0v) is 13.5. The third-order valence-corrected chi connectivity index (χ3v) is 2.20. The van der Waals surface area contributed by atoms with Crippen molar-refractivity contribution in [2.24, 2.45) is 10.7 Å². The number of benzene rings is 1. The summed E-state index contributed by atoms with van der Waals surface area (Å²) in [4.78, 5) is 4.19. The normalized spacial score (nSPS) is 12.5. The smallest absolute Gasteiger partial charge is 0.188 e. The molecule has 0 saturated heterocycles. The number of nitrogens with zero attached hydrogens (tertiary/aromatic N) is 1. The molecule has 0 aliphatic carbocycles. The number of rotatable bonds is 5. The summed E-state index contributed by atoms with van der Waals surface area (Å²) in [6.07, 6.45) is 0.00834. The Morgan fingerprint density at radius 3 is 2.83 bits per heavy atom. The maximum atomic E-state index is 5.73. The van der Waals surface area contributed by atoms with E-state index in [1.807, 2.05) is 45.0 Å². The predicted molar refractivity (Wildman–Crippen MR) is 86.9 cm³/mol. The van der Waals surface area contributed by atoms with Gasteiger partial charge in [0.1, 0.15) is 11.9 Å². The van der Waals surface area contributed by atoms with E-state index in [0.29, 0.717) is 12.5 Å². The minimum atomic E-state index is 0. The summed E-state index contributed by atoms with van der Waals surface area (Å²) in [5, 5.41) is 2.95. The van der Waals surface area contributed by atoms with Crippen LogP contribution >= 0.6 is 24.0 Å².